The first-order valence-electron chi connectivity index (χ1n) is 5.44. The van der Waals surface area contributed by atoms with Crippen LogP contribution in [0.5, 0.6) is 0 Å². The normalized spacial score (nSPS) is 13.7. The lowest BCUT2D eigenvalue weighted by atomic mass is 10.3. The molecule has 0 aliphatic rings. The molecule has 0 aliphatic heterocycles. The van der Waals surface area contributed by atoms with Gasteiger partial charge in [0.1, 0.15) is 5.03 Å². The quantitative estimate of drug-likeness (QED) is 0.836. The van der Waals surface area contributed by atoms with Crippen LogP contribution in [-0.4, -0.2) is 23.3 Å². The minimum atomic E-state index is -4.41. The number of hydrogen-bond acceptors (Lipinski definition) is 3. The molecule has 1 aromatic heterocycles. The van der Waals surface area contributed by atoms with E-state index in [0.717, 1.165) is 25.4 Å². The van der Waals surface area contributed by atoms with Crippen LogP contribution in [0.2, 0.25) is 5.02 Å². The molecule has 0 aliphatic carbocycles. The predicted octanol–water partition coefficient (Wildman–Crippen LogP) is 3.84. The molecule has 0 fully saturated rings. The summed E-state index contributed by atoms with van der Waals surface area (Å²) in [5.74, 6) is 0. The molecule has 1 N–H and O–H groups in total. The van der Waals surface area contributed by atoms with E-state index in [4.69, 9.17) is 11.6 Å². The zero-order valence-electron chi connectivity index (χ0n) is 10.0. The fourth-order valence-electron chi connectivity index (χ4n) is 1.25. The van der Waals surface area contributed by atoms with Crippen LogP contribution < -0.4 is 5.32 Å². The summed E-state index contributed by atoms with van der Waals surface area (Å²) in [6.45, 7) is 5.54. The summed E-state index contributed by atoms with van der Waals surface area (Å²) < 4.78 is 37.2. The van der Waals surface area contributed by atoms with Gasteiger partial charge in [-0.15, -0.1) is 11.8 Å². The third-order valence-electron chi connectivity index (χ3n) is 2.13. The van der Waals surface area contributed by atoms with E-state index in [1.165, 1.54) is 11.8 Å². The molecule has 0 bridgehead atoms. The van der Waals surface area contributed by atoms with Crippen molar-refractivity contribution in [2.24, 2.45) is 0 Å². The largest absolute Gasteiger partial charge is 0.417 e. The van der Waals surface area contributed by atoms with E-state index in [2.05, 4.69) is 10.3 Å². The summed E-state index contributed by atoms with van der Waals surface area (Å²) >= 11 is 7.17. The Morgan fingerprint density at radius 2 is 2.17 bits per heavy atom. The highest BCUT2D eigenvalue weighted by atomic mass is 35.5. The van der Waals surface area contributed by atoms with Crippen LogP contribution in [0.1, 0.15) is 19.4 Å². The molecule has 1 rings (SSSR count). The highest BCUT2D eigenvalue weighted by Gasteiger charge is 2.31. The van der Waals surface area contributed by atoms with E-state index in [-0.39, 0.29) is 10.3 Å². The molecule has 0 amide bonds. The van der Waals surface area contributed by atoms with Crippen LogP contribution in [0, 0.1) is 0 Å². The Hall–Kier alpha value is -0.460. The monoisotopic (exact) mass is 298 g/mol. The summed E-state index contributed by atoms with van der Waals surface area (Å²) in [6, 6.07) is 0.914. The first kappa shape index (κ1) is 15.6. The van der Waals surface area contributed by atoms with Gasteiger partial charge in [-0.2, -0.15) is 13.2 Å². The molecule has 7 heteroatoms. The van der Waals surface area contributed by atoms with Crippen LogP contribution in [0.4, 0.5) is 13.2 Å². The van der Waals surface area contributed by atoms with Crippen molar-refractivity contribution in [1.82, 2.24) is 10.3 Å². The number of pyridine rings is 1. The number of halogens is 4. The molecule has 1 unspecified atom stereocenters. The molecule has 0 saturated heterocycles. The fourth-order valence-corrected chi connectivity index (χ4v) is 2.41. The van der Waals surface area contributed by atoms with Crippen molar-refractivity contribution in [3.05, 3.63) is 22.8 Å². The predicted molar refractivity (Wildman–Crippen MR) is 68.1 cm³/mol. The van der Waals surface area contributed by atoms with Crippen LogP contribution in [0.25, 0.3) is 0 Å². The van der Waals surface area contributed by atoms with Crippen LogP contribution in [-0.2, 0) is 6.18 Å². The van der Waals surface area contributed by atoms with Crippen molar-refractivity contribution in [2.75, 3.05) is 13.1 Å². The number of aromatic nitrogens is 1. The number of rotatable bonds is 5. The SMILES string of the molecule is CCNCC(C)Sc1ncc(C(F)(F)F)cc1Cl. The molecule has 1 heterocycles. The summed E-state index contributed by atoms with van der Waals surface area (Å²) in [5.41, 5.74) is -0.823. The first-order valence-corrected chi connectivity index (χ1v) is 6.70. The molecular formula is C11H14ClF3N2S. The van der Waals surface area contributed by atoms with Gasteiger partial charge in [-0.05, 0) is 12.6 Å². The van der Waals surface area contributed by atoms with Crippen molar-refractivity contribution in [3.8, 4) is 0 Å². The van der Waals surface area contributed by atoms with Gasteiger partial charge in [0, 0.05) is 18.0 Å². The third-order valence-corrected chi connectivity index (χ3v) is 3.65. The van der Waals surface area contributed by atoms with Crippen molar-refractivity contribution in [1.29, 1.82) is 0 Å². The molecule has 0 radical (unpaired) electrons. The van der Waals surface area contributed by atoms with Gasteiger partial charge in [-0.1, -0.05) is 25.4 Å². The average molecular weight is 299 g/mol. The second-order valence-electron chi connectivity index (χ2n) is 3.74. The Balaban J connectivity index is 2.74. The lowest BCUT2D eigenvalue weighted by molar-refractivity contribution is -0.137. The Bertz CT molecular complexity index is 398. The maximum atomic E-state index is 12.4. The van der Waals surface area contributed by atoms with Gasteiger partial charge in [0.25, 0.3) is 0 Å². The van der Waals surface area contributed by atoms with Crippen molar-refractivity contribution >= 4 is 23.4 Å². The maximum absolute atomic E-state index is 12.4. The standard InChI is InChI=1S/C11H14ClF3N2S/c1-3-16-5-7(2)18-10-9(12)4-8(6-17-10)11(13,14)15/h4,6-7,16H,3,5H2,1-2H3. The number of alkyl halides is 3. The molecular weight excluding hydrogens is 285 g/mol. The smallest absolute Gasteiger partial charge is 0.316 e. The van der Waals surface area contributed by atoms with E-state index in [1.807, 2.05) is 13.8 Å². The maximum Gasteiger partial charge on any atom is 0.417 e. The highest BCUT2D eigenvalue weighted by molar-refractivity contribution is 8.00. The van der Waals surface area contributed by atoms with Gasteiger partial charge in [-0.25, -0.2) is 4.98 Å². The summed E-state index contributed by atoms with van der Waals surface area (Å²) in [5, 5.41) is 3.80. The van der Waals surface area contributed by atoms with E-state index >= 15 is 0 Å². The lowest BCUT2D eigenvalue weighted by Gasteiger charge is -2.13. The second-order valence-corrected chi connectivity index (χ2v) is 5.58. The number of nitrogens with one attached hydrogen (secondary N) is 1. The van der Waals surface area contributed by atoms with Gasteiger partial charge in [-0.3, -0.25) is 0 Å². The van der Waals surface area contributed by atoms with Gasteiger partial charge < -0.3 is 5.32 Å². The number of thioether (sulfide) groups is 1. The zero-order chi connectivity index (χ0) is 13.8. The fraction of sp³-hybridized carbons (Fsp3) is 0.545. The van der Waals surface area contributed by atoms with Crippen LogP contribution >= 0.6 is 23.4 Å². The van der Waals surface area contributed by atoms with Crippen molar-refractivity contribution in [3.63, 3.8) is 0 Å². The molecule has 0 saturated carbocycles. The average Bonchev–Trinajstić information content (AvgIpc) is 2.27. The Labute approximate surface area is 113 Å². The minimum absolute atomic E-state index is 0.0400. The Morgan fingerprint density at radius 1 is 1.50 bits per heavy atom. The second kappa shape index (κ2) is 6.63. The number of hydrogen-bond donors (Lipinski definition) is 1. The molecule has 2 nitrogen and oxygen atoms in total. The summed E-state index contributed by atoms with van der Waals surface area (Å²) in [4.78, 5) is 3.78. The first-order chi connectivity index (χ1) is 8.34. The van der Waals surface area contributed by atoms with Gasteiger partial charge in [0.05, 0.1) is 10.6 Å². The molecule has 18 heavy (non-hydrogen) atoms. The molecule has 0 spiro atoms. The molecule has 1 aromatic rings. The van der Waals surface area contributed by atoms with E-state index in [1.54, 1.807) is 0 Å². The Kier molecular flexibility index (Phi) is 5.75. The van der Waals surface area contributed by atoms with Gasteiger partial charge >= 0.3 is 6.18 Å². The molecule has 102 valence electrons. The van der Waals surface area contributed by atoms with E-state index in [9.17, 15) is 13.2 Å². The molecule has 1 atom stereocenters. The zero-order valence-corrected chi connectivity index (χ0v) is 11.6. The van der Waals surface area contributed by atoms with Gasteiger partial charge in [0.15, 0.2) is 0 Å². The number of nitrogens with zero attached hydrogens (tertiary/aromatic N) is 1. The lowest BCUT2D eigenvalue weighted by Crippen LogP contribution is -2.22. The summed E-state index contributed by atoms with van der Waals surface area (Å²) in [6.07, 6.45) is -3.59. The van der Waals surface area contributed by atoms with Crippen molar-refractivity contribution in [2.45, 2.75) is 30.3 Å². The minimum Gasteiger partial charge on any atom is -0.316 e. The van der Waals surface area contributed by atoms with E-state index in [0.29, 0.717) is 5.03 Å². The Morgan fingerprint density at radius 3 is 2.67 bits per heavy atom. The van der Waals surface area contributed by atoms with Crippen LogP contribution in [0.15, 0.2) is 17.3 Å². The van der Waals surface area contributed by atoms with Crippen molar-refractivity contribution < 1.29 is 13.2 Å². The summed E-state index contributed by atoms with van der Waals surface area (Å²) in [7, 11) is 0. The van der Waals surface area contributed by atoms with E-state index < -0.39 is 11.7 Å². The molecule has 0 aromatic carbocycles. The van der Waals surface area contributed by atoms with Gasteiger partial charge in [0.2, 0.25) is 0 Å². The topological polar surface area (TPSA) is 24.9 Å². The van der Waals surface area contributed by atoms with Crippen LogP contribution in [0.3, 0.4) is 0 Å². The third kappa shape index (κ3) is 4.66. The highest BCUT2D eigenvalue weighted by Crippen LogP contribution is 2.34.